The fourth-order valence-electron chi connectivity index (χ4n) is 4.61. The lowest BCUT2D eigenvalue weighted by Gasteiger charge is -2.42. The second-order valence-electron chi connectivity index (χ2n) is 8.81. The molecule has 1 nitrogen and oxygen atoms in total. The van der Waals surface area contributed by atoms with E-state index in [4.69, 9.17) is 0 Å². The molecule has 0 aromatic heterocycles. The first-order chi connectivity index (χ1) is 14.9. The molecule has 0 heterocycles. The fourth-order valence-corrected chi connectivity index (χ4v) is 5.87. The first-order valence-corrected chi connectivity index (χ1v) is 12.6. The van der Waals surface area contributed by atoms with Crippen molar-refractivity contribution in [3.05, 3.63) is 106 Å². The van der Waals surface area contributed by atoms with Crippen molar-refractivity contribution < 1.29 is 5.11 Å². The first kappa shape index (κ1) is 23.6. The first-order valence-electron chi connectivity index (χ1n) is 11.3. The van der Waals surface area contributed by atoms with E-state index in [1.807, 2.05) is 11.8 Å². The van der Waals surface area contributed by atoms with Crippen LogP contribution in [0.5, 0.6) is 0 Å². The molecule has 2 atom stereocenters. The van der Waals surface area contributed by atoms with E-state index in [-0.39, 0.29) is 16.8 Å². The number of aliphatic hydroxyl groups excluding tert-OH is 1. The molecule has 0 bridgehead atoms. The third-order valence-electron chi connectivity index (χ3n) is 6.38. The lowest BCUT2D eigenvalue weighted by molar-refractivity contribution is 0.140. The minimum Gasteiger partial charge on any atom is -0.393 e. The molecule has 3 rings (SSSR count). The highest BCUT2D eigenvalue weighted by Gasteiger charge is 2.43. The van der Waals surface area contributed by atoms with Crippen LogP contribution in [0.2, 0.25) is 0 Å². The van der Waals surface area contributed by atoms with Gasteiger partial charge in [-0.2, -0.15) is 0 Å². The number of hydrogen-bond donors (Lipinski definition) is 1. The van der Waals surface area contributed by atoms with Gasteiger partial charge in [0.05, 0.1) is 10.9 Å². The number of rotatable bonds is 9. The van der Waals surface area contributed by atoms with Crippen LogP contribution in [-0.4, -0.2) is 17.5 Å². The number of thioether (sulfide) groups is 1. The zero-order valence-corrected chi connectivity index (χ0v) is 20.4. The SMILES string of the molecule is CCCC(O)CC(c1ccc(C)cc1)C(SC)(c1ccc(C)cc1)c1ccc(C)cc1. The van der Waals surface area contributed by atoms with Crippen molar-refractivity contribution in [1.82, 2.24) is 0 Å². The number of aliphatic hydroxyl groups is 1. The minimum absolute atomic E-state index is 0.148. The normalized spacial score (nSPS) is 13.7. The Morgan fingerprint density at radius 3 is 1.55 bits per heavy atom. The van der Waals surface area contributed by atoms with Crippen molar-refractivity contribution >= 4 is 11.8 Å². The molecule has 0 fully saturated rings. The number of hydrogen-bond acceptors (Lipinski definition) is 2. The zero-order valence-electron chi connectivity index (χ0n) is 19.6. The Morgan fingerprint density at radius 2 is 1.16 bits per heavy atom. The summed E-state index contributed by atoms with van der Waals surface area (Å²) in [6.07, 6.45) is 4.45. The highest BCUT2D eigenvalue weighted by atomic mass is 32.2. The van der Waals surface area contributed by atoms with Crippen molar-refractivity contribution in [2.45, 2.75) is 63.7 Å². The van der Waals surface area contributed by atoms with Crippen molar-refractivity contribution in [2.24, 2.45) is 0 Å². The largest absolute Gasteiger partial charge is 0.393 e. The van der Waals surface area contributed by atoms with Gasteiger partial charge in [-0.1, -0.05) is 103 Å². The topological polar surface area (TPSA) is 20.2 Å². The van der Waals surface area contributed by atoms with Gasteiger partial charge < -0.3 is 5.11 Å². The molecule has 2 heteroatoms. The Morgan fingerprint density at radius 1 is 0.742 bits per heavy atom. The van der Waals surface area contributed by atoms with E-state index in [1.165, 1.54) is 33.4 Å². The molecule has 0 saturated carbocycles. The Hall–Kier alpha value is -2.03. The predicted octanol–water partition coefficient (Wildman–Crippen LogP) is 7.55. The smallest absolute Gasteiger partial charge is 0.0723 e. The number of aryl methyl sites for hydroxylation is 3. The fraction of sp³-hybridized carbons (Fsp3) is 0.379. The maximum Gasteiger partial charge on any atom is 0.0723 e. The molecule has 0 radical (unpaired) electrons. The summed E-state index contributed by atoms with van der Waals surface area (Å²) in [6.45, 7) is 8.55. The van der Waals surface area contributed by atoms with Gasteiger partial charge in [0.1, 0.15) is 0 Å². The summed E-state index contributed by atoms with van der Waals surface area (Å²) in [6, 6.07) is 26.9. The summed E-state index contributed by atoms with van der Waals surface area (Å²) < 4.78 is -0.286. The lowest BCUT2D eigenvalue weighted by atomic mass is 9.73. The van der Waals surface area contributed by atoms with Gasteiger partial charge in [0.25, 0.3) is 0 Å². The van der Waals surface area contributed by atoms with Crippen LogP contribution in [0.25, 0.3) is 0 Å². The van der Waals surface area contributed by atoms with Gasteiger partial charge in [0.2, 0.25) is 0 Å². The van der Waals surface area contributed by atoms with Gasteiger partial charge in [0.15, 0.2) is 0 Å². The second-order valence-corrected chi connectivity index (χ2v) is 9.87. The van der Waals surface area contributed by atoms with E-state index >= 15 is 0 Å². The highest BCUT2D eigenvalue weighted by molar-refractivity contribution is 7.99. The van der Waals surface area contributed by atoms with E-state index in [0.29, 0.717) is 0 Å². The average Bonchev–Trinajstić information content (AvgIpc) is 2.77. The molecule has 164 valence electrons. The highest BCUT2D eigenvalue weighted by Crippen LogP contribution is 2.54. The molecule has 0 aliphatic heterocycles. The maximum absolute atomic E-state index is 11.0. The Kier molecular flexibility index (Phi) is 8.02. The maximum atomic E-state index is 11.0. The molecule has 0 aliphatic rings. The van der Waals surface area contributed by atoms with E-state index < -0.39 is 0 Å². The van der Waals surface area contributed by atoms with Crippen LogP contribution in [0.15, 0.2) is 72.8 Å². The average molecular weight is 433 g/mol. The molecular weight excluding hydrogens is 396 g/mol. The van der Waals surface area contributed by atoms with Crippen molar-refractivity contribution in [1.29, 1.82) is 0 Å². The van der Waals surface area contributed by atoms with E-state index in [0.717, 1.165) is 19.3 Å². The van der Waals surface area contributed by atoms with Gasteiger partial charge in [-0.05, 0) is 56.6 Å². The third kappa shape index (κ3) is 5.25. The van der Waals surface area contributed by atoms with E-state index in [9.17, 15) is 5.11 Å². The molecule has 0 saturated heterocycles. The van der Waals surface area contributed by atoms with Gasteiger partial charge in [-0.25, -0.2) is 0 Å². The molecular formula is C29H36OS. The molecule has 0 amide bonds. The lowest BCUT2D eigenvalue weighted by Crippen LogP contribution is -2.34. The monoisotopic (exact) mass is 432 g/mol. The Balaban J connectivity index is 2.26. The van der Waals surface area contributed by atoms with Crippen LogP contribution >= 0.6 is 11.8 Å². The summed E-state index contributed by atoms with van der Waals surface area (Å²) in [5.41, 5.74) is 7.67. The van der Waals surface area contributed by atoms with Crippen molar-refractivity contribution in [3.63, 3.8) is 0 Å². The van der Waals surface area contributed by atoms with Crippen LogP contribution in [0.3, 0.4) is 0 Å². The van der Waals surface area contributed by atoms with Crippen molar-refractivity contribution in [2.75, 3.05) is 6.26 Å². The third-order valence-corrected chi connectivity index (χ3v) is 7.78. The van der Waals surface area contributed by atoms with Crippen LogP contribution < -0.4 is 0 Å². The van der Waals surface area contributed by atoms with E-state index in [2.05, 4.69) is 107 Å². The second kappa shape index (κ2) is 10.5. The molecule has 1 N–H and O–H groups in total. The standard InChI is InChI=1S/C29H36OS/c1-6-7-27(30)20-28(24-14-8-21(2)9-15-24)29(31-5,25-16-10-22(3)11-17-25)26-18-12-23(4)13-19-26/h8-19,27-28,30H,6-7,20H2,1-5H3. The summed E-state index contributed by atoms with van der Waals surface area (Å²) in [4.78, 5) is 0. The van der Waals surface area contributed by atoms with Gasteiger partial charge in [-0.3, -0.25) is 0 Å². The molecule has 2 unspecified atom stereocenters. The van der Waals surface area contributed by atoms with Crippen LogP contribution in [0.1, 0.15) is 65.5 Å². The van der Waals surface area contributed by atoms with Gasteiger partial charge in [0, 0.05) is 5.92 Å². The summed E-state index contributed by atoms with van der Waals surface area (Å²) >= 11 is 1.89. The zero-order chi connectivity index (χ0) is 22.4. The van der Waals surface area contributed by atoms with Gasteiger partial charge in [-0.15, -0.1) is 11.8 Å². The van der Waals surface area contributed by atoms with Crippen LogP contribution in [0, 0.1) is 20.8 Å². The van der Waals surface area contributed by atoms with Crippen LogP contribution in [-0.2, 0) is 4.75 Å². The minimum atomic E-state index is -0.321. The predicted molar refractivity (Wildman–Crippen MR) is 136 cm³/mol. The Labute approximate surface area is 192 Å². The number of benzene rings is 3. The quantitative estimate of drug-likeness (QED) is 0.376. The Bertz CT molecular complexity index is 896. The van der Waals surface area contributed by atoms with Gasteiger partial charge >= 0.3 is 0 Å². The molecule has 3 aromatic carbocycles. The molecule has 31 heavy (non-hydrogen) atoms. The molecule has 0 spiro atoms. The van der Waals surface area contributed by atoms with Crippen LogP contribution in [0.4, 0.5) is 0 Å². The molecule has 0 aliphatic carbocycles. The molecule has 3 aromatic rings. The van der Waals surface area contributed by atoms with Crippen molar-refractivity contribution in [3.8, 4) is 0 Å². The summed E-state index contributed by atoms with van der Waals surface area (Å²) in [5, 5.41) is 11.0. The van der Waals surface area contributed by atoms with E-state index in [1.54, 1.807) is 0 Å². The summed E-state index contributed by atoms with van der Waals surface area (Å²) in [7, 11) is 0. The summed E-state index contributed by atoms with van der Waals surface area (Å²) in [5.74, 6) is 0.148.